The lowest BCUT2D eigenvalue weighted by Crippen LogP contribution is -2.45. The van der Waals surface area contributed by atoms with Crippen molar-refractivity contribution in [3.8, 4) is 11.5 Å². The molecule has 44 heavy (non-hydrogen) atoms. The first-order valence-electron chi connectivity index (χ1n) is 12.9. The van der Waals surface area contributed by atoms with E-state index in [1.807, 2.05) is 20.8 Å². The third-order valence-electron chi connectivity index (χ3n) is 5.39. The summed E-state index contributed by atoms with van der Waals surface area (Å²) in [4.78, 5) is 34.6. The number of benzene rings is 3. The number of hydrogen-bond donors (Lipinski definition) is 6. The summed E-state index contributed by atoms with van der Waals surface area (Å²) < 4.78 is 57.3. The molecule has 0 aromatic heterocycles. The third kappa shape index (κ3) is 10.5. The average molecular weight is 622 g/mol. The molecule has 3 rings (SSSR count). The Morgan fingerprint density at radius 2 is 1.59 bits per heavy atom. The second kappa shape index (κ2) is 15.8. The molecule has 0 bridgehead atoms. The molecule has 7 N–H and O–H groups in total. The largest absolute Gasteiger partial charge is 0.490 e. The highest BCUT2D eigenvalue weighted by Crippen LogP contribution is 2.33. The number of nitrogens with two attached hydrogens (primary N) is 1. The van der Waals surface area contributed by atoms with Gasteiger partial charge in [0.2, 0.25) is 0 Å². The highest BCUT2D eigenvalue weighted by atomic mass is 19.4. The van der Waals surface area contributed by atoms with E-state index in [4.69, 9.17) is 30.5 Å². The molecular formula is C29H31F4N5O6. The predicted molar refractivity (Wildman–Crippen MR) is 153 cm³/mol. The lowest BCUT2D eigenvalue weighted by atomic mass is 10.0. The van der Waals surface area contributed by atoms with Crippen LogP contribution in [0.15, 0.2) is 66.7 Å². The number of nitrogen functional groups attached to an aromatic ring is 1. The van der Waals surface area contributed by atoms with Crippen molar-refractivity contribution in [3.05, 3.63) is 89.2 Å². The molecule has 2 amide bonds. The van der Waals surface area contributed by atoms with E-state index in [0.29, 0.717) is 34.9 Å². The van der Waals surface area contributed by atoms with Gasteiger partial charge in [0.05, 0.1) is 18.3 Å². The number of carbonyl (C=O) groups excluding carboxylic acids is 2. The summed E-state index contributed by atoms with van der Waals surface area (Å²) in [6, 6.07) is 16.2. The van der Waals surface area contributed by atoms with E-state index in [2.05, 4.69) is 16.2 Å². The monoisotopic (exact) mass is 621 g/mol. The molecule has 0 aliphatic heterocycles. The van der Waals surface area contributed by atoms with Crippen molar-refractivity contribution in [2.24, 2.45) is 5.73 Å². The van der Waals surface area contributed by atoms with Crippen LogP contribution in [0.1, 0.15) is 48.3 Å². The average Bonchev–Trinajstić information content (AvgIpc) is 2.95. The molecule has 0 radical (unpaired) electrons. The first-order valence-corrected chi connectivity index (χ1v) is 12.9. The lowest BCUT2D eigenvalue weighted by molar-refractivity contribution is -0.192. The molecule has 1 atom stereocenters. The predicted octanol–water partition coefficient (Wildman–Crippen LogP) is 4.54. The van der Waals surface area contributed by atoms with Crippen LogP contribution in [0.5, 0.6) is 11.5 Å². The van der Waals surface area contributed by atoms with Crippen LogP contribution in [0.3, 0.4) is 0 Å². The summed E-state index contributed by atoms with van der Waals surface area (Å²) in [5.41, 5.74) is 11.5. The zero-order valence-electron chi connectivity index (χ0n) is 23.8. The molecule has 3 aromatic carbocycles. The van der Waals surface area contributed by atoms with E-state index in [9.17, 15) is 27.2 Å². The Balaban J connectivity index is 0.000000860. The summed E-state index contributed by atoms with van der Waals surface area (Å²) in [5, 5.41) is 17.8. The molecule has 0 aliphatic carbocycles. The normalized spacial score (nSPS) is 11.4. The van der Waals surface area contributed by atoms with E-state index in [1.54, 1.807) is 42.5 Å². The van der Waals surface area contributed by atoms with Crippen molar-refractivity contribution in [2.45, 2.75) is 39.1 Å². The van der Waals surface area contributed by atoms with Gasteiger partial charge in [-0.05, 0) is 74.9 Å². The number of nitrogens with one attached hydrogen (secondary N) is 4. The van der Waals surface area contributed by atoms with Crippen molar-refractivity contribution in [2.75, 3.05) is 11.9 Å². The van der Waals surface area contributed by atoms with Crippen LogP contribution in [0.2, 0.25) is 0 Å². The van der Waals surface area contributed by atoms with Crippen molar-refractivity contribution in [3.63, 3.8) is 0 Å². The molecule has 15 heteroatoms. The van der Waals surface area contributed by atoms with Crippen LogP contribution in [-0.4, -0.2) is 47.6 Å². The molecule has 0 aliphatic rings. The summed E-state index contributed by atoms with van der Waals surface area (Å²) >= 11 is 0. The Labute approximate surface area is 249 Å². The molecule has 0 fully saturated rings. The minimum atomic E-state index is -5.08. The fourth-order valence-corrected chi connectivity index (χ4v) is 3.44. The quantitative estimate of drug-likeness (QED) is 0.0827. The van der Waals surface area contributed by atoms with E-state index in [1.165, 1.54) is 18.2 Å². The molecule has 3 aromatic rings. The Kier molecular flexibility index (Phi) is 12.5. The van der Waals surface area contributed by atoms with Gasteiger partial charge in [-0.15, -0.1) is 0 Å². The van der Waals surface area contributed by atoms with Gasteiger partial charge in [0.15, 0.2) is 11.5 Å². The van der Waals surface area contributed by atoms with Gasteiger partial charge in [0.1, 0.15) is 17.7 Å². The van der Waals surface area contributed by atoms with Crippen LogP contribution in [0, 0.1) is 11.2 Å². The molecular weight excluding hydrogens is 590 g/mol. The SMILES string of the molecule is CCOc1cc(C(Nc2ccc(C(=N)N)cc2)C(=O)NNC(=O)c2ccccc2F)ccc1OC(C)C.O=C(O)C(F)(F)F. The number of amidine groups is 1. The zero-order chi connectivity index (χ0) is 33.0. The lowest BCUT2D eigenvalue weighted by Gasteiger charge is -2.22. The van der Waals surface area contributed by atoms with Crippen molar-refractivity contribution in [1.29, 1.82) is 5.41 Å². The number of carbonyl (C=O) groups is 3. The first kappa shape index (κ1) is 34.9. The highest BCUT2D eigenvalue weighted by Gasteiger charge is 2.38. The Morgan fingerprint density at radius 3 is 2.11 bits per heavy atom. The number of hydrazine groups is 1. The van der Waals surface area contributed by atoms with Gasteiger partial charge < -0.3 is 25.6 Å². The van der Waals surface area contributed by atoms with E-state index in [-0.39, 0.29) is 17.5 Å². The summed E-state index contributed by atoms with van der Waals surface area (Å²) in [7, 11) is 0. The topological polar surface area (TPSA) is 176 Å². The smallest absolute Gasteiger partial charge is 0.490 e. The van der Waals surface area contributed by atoms with Crippen LogP contribution >= 0.6 is 0 Å². The van der Waals surface area contributed by atoms with Crippen LogP contribution in [-0.2, 0) is 9.59 Å². The maximum absolute atomic E-state index is 14.0. The van der Waals surface area contributed by atoms with E-state index in [0.717, 1.165) is 6.07 Å². The molecule has 236 valence electrons. The van der Waals surface area contributed by atoms with Gasteiger partial charge >= 0.3 is 12.1 Å². The fourth-order valence-electron chi connectivity index (χ4n) is 3.44. The maximum atomic E-state index is 14.0. The standard InChI is InChI=1S/C27H30FN5O4.C2HF3O2/c1-4-36-23-15-18(11-14-22(23)37-16(2)3)24(31-19-12-9-17(10-13-19)25(29)30)27(35)33-32-26(34)20-7-5-6-8-21(20)28;3-2(4,5)1(6)7/h5-16,24,31H,4H2,1-3H3,(H3,29,30)(H,32,34)(H,33,35);(H,6,7). The summed E-state index contributed by atoms with van der Waals surface area (Å²) in [5.74, 6) is -3.98. The van der Waals surface area contributed by atoms with Gasteiger partial charge in [-0.25, -0.2) is 9.18 Å². The molecule has 0 saturated heterocycles. The number of ether oxygens (including phenoxy) is 2. The number of carboxylic acids is 1. The van der Waals surface area contributed by atoms with Gasteiger partial charge in [0.25, 0.3) is 11.8 Å². The fraction of sp³-hybridized carbons (Fsp3) is 0.241. The minimum absolute atomic E-state index is 0.0844. The van der Waals surface area contributed by atoms with Gasteiger partial charge in [0, 0.05) is 11.3 Å². The number of halogens is 4. The zero-order valence-corrected chi connectivity index (χ0v) is 23.8. The van der Waals surface area contributed by atoms with Crippen LogP contribution in [0.4, 0.5) is 23.2 Å². The molecule has 11 nitrogen and oxygen atoms in total. The third-order valence-corrected chi connectivity index (χ3v) is 5.39. The number of hydrogen-bond acceptors (Lipinski definition) is 7. The summed E-state index contributed by atoms with van der Waals surface area (Å²) in [6.45, 7) is 6.01. The number of anilines is 1. The van der Waals surface area contributed by atoms with Crippen molar-refractivity contribution in [1.82, 2.24) is 10.9 Å². The van der Waals surface area contributed by atoms with Crippen LogP contribution < -0.4 is 31.4 Å². The van der Waals surface area contributed by atoms with Crippen LogP contribution in [0.25, 0.3) is 0 Å². The van der Waals surface area contributed by atoms with Crippen molar-refractivity contribution < 1.29 is 46.5 Å². The molecule has 1 unspecified atom stereocenters. The minimum Gasteiger partial charge on any atom is -0.490 e. The molecule has 0 spiro atoms. The molecule has 0 saturated carbocycles. The van der Waals surface area contributed by atoms with E-state index < -0.39 is 35.8 Å². The van der Waals surface area contributed by atoms with Crippen molar-refractivity contribution >= 4 is 29.3 Å². The number of carboxylic acid groups (broad SMARTS) is 1. The molecule has 0 heterocycles. The first-order chi connectivity index (χ1) is 20.6. The second-order valence-corrected chi connectivity index (χ2v) is 9.10. The Bertz CT molecular complexity index is 1470. The van der Waals surface area contributed by atoms with Gasteiger partial charge in [-0.2, -0.15) is 13.2 Å². The number of alkyl halides is 3. The van der Waals surface area contributed by atoms with Gasteiger partial charge in [-0.3, -0.25) is 25.8 Å². The van der Waals surface area contributed by atoms with Gasteiger partial charge in [-0.1, -0.05) is 18.2 Å². The van der Waals surface area contributed by atoms with E-state index >= 15 is 0 Å². The number of amides is 2. The Morgan fingerprint density at radius 1 is 0.977 bits per heavy atom. The number of aliphatic carboxylic acids is 1. The maximum Gasteiger partial charge on any atom is 0.490 e. The summed E-state index contributed by atoms with van der Waals surface area (Å²) in [6.07, 6.45) is -5.17. The second-order valence-electron chi connectivity index (χ2n) is 9.10. The highest BCUT2D eigenvalue weighted by molar-refractivity contribution is 5.97. The Hall–Kier alpha value is -5.34. The number of rotatable bonds is 10.